The molecule has 0 bridgehead atoms. The lowest BCUT2D eigenvalue weighted by atomic mass is 10.0. The van der Waals surface area contributed by atoms with Gasteiger partial charge in [0.1, 0.15) is 0 Å². The van der Waals surface area contributed by atoms with E-state index in [4.69, 9.17) is 0 Å². The minimum absolute atomic E-state index is 0.359. The third-order valence-electron chi connectivity index (χ3n) is 3.02. The van der Waals surface area contributed by atoms with Crippen LogP contribution < -0.4 is 0 Å². The van der Waals surface area contributed by atoms with Crippen LogP contribution in [0.2, 0.25) is 0 Å². The molecule has 0 aliphatic rings. The van der Waals surface area contributed by atoms with E-state index < -0.39 is 0 Å². The number of aliphatic hydroxyl groups excluding tert-OH is 1. The lowest BCUT2D eigenvalue weighted by Crippen LogP contribution is -1.99. The summed E-state index contributed by atoms with van der Waals surface area (Å²) in [6.45, 7) is 5.78. The van der Waals surface area contributed by atoms with E-state index in [1.807, 2.05) is 19.3 Å². The molecule has 0 spiro atoms. The fraction of sp³-hybridized carbons (Fsp3) is 0.643. The number of aliphatic hydroxyl groups is 1. The minimum Gasteiger partial charge on any atom is -0.388 e. The predicted octanol–water partition coefficient (Wildman–Crippen LogP) is 3.15. The first-order chi connectivity index (χ1) is 8.19. The number of hydrogen-bond donors (Lipinski definition) is 1. The Labute approximate surface area is 104 Å². The smallest absolute Gasteiger partial charge is 0.0823 e. The normalized spacial score (nSPS) is 12.6. The van der Waals surface area contributed by atoms with Gasteiger partial charge in [-0.1, -0.05) is 25.8 Å². The summed E-state index contributed by atoms with van der Waals surface area (Å²) in [4.78, 5) is 0. The topological polar surface area (TPSA) is 38.0 Å². The van der Waals surface area contributed by atoms with Gasteiger partial charge in [0.05, 0.1) is 11.8 Å². The molecule has 1 unspecified atom stereocenters. The average Bonchev–Trinajstić information content (AvgIpc) is 2.70. The van der Waals surface area contributed by atoms with Gasteiger partial charge in [0.15, 0.2) is 0 Å². The van der Waals surface area contributed by atoms with Crippen molar-refractivity contribution in [3.63, 3.8) is 0 Å². The molecule has 17 heavy (non-hydrogen) atoms. The Morgan fingerprint density at radius 1 is 1.47 bits per heavy atom. The third-order valence-corrected chi connectivity index (χ3v) is 3.02. The summed E-state index contributed by atoms with van der Waals surface area (Å²) in [5.74, 6) is 0. The van der Waals surface area contributed by atoms with Gasteiger partial charge in [-0.25, -0.2) is 0 Å². The Morgan fingerprint density at radius 3 is 2.88 bits per heavy atom. The number of nitrogens with zero attached hydrogens (tertiary/aromatic N) is 2. The molecule has 96 valence electrons. The van der Waals surface area contributed by atoms with Crippen LogP contribution >= 0.6 is 0 Å². The molecular formula is C14H24N2O. The molecule has 0 amide bonds. The van der Waals surface area contributed by atoms with Gasteiger partial charge >= 0.3 is 0 Å². The van der Waals surface area contributed by atoms with Crippen molar-refractivity contribution in [1.82, 2.24) is 9.78 Å². The average molecular weight is 236 g/mol. The Morgan fingerprint density at radius 2 is 2.24 bits per heavy atom. The summed E-state index contributed by atoms with van der Waals surface area (Å²) in [6, 6.07) is 0. The van der Waals surface area contributed by atoms with E-state index in [9.17, 15) is 5.11 Å². The van der Waals surface area contributed by atoms with Crippen LogP contribution in [0.5, 0.6) is 0 Å². The maximum Gasteiger partial charge on any atom is 0.0823 e. The summed E-state index contributed by atoms with van der Waals surface area (Å²) in [6.07, 6.45) is 9.70. The van der Waals surface area contributed by atoms with Crippen molar-refractivity contribution < 1.29 is 5.11 Å². The molecule has 0 saturated heterocycles. The zero-order valence-electron chi connectivity index (χ0n) is 11.0. The van der Waals surface area contributed by atoms with E-state index in [0.717, 1.165) is 43.4 Å². The van der Waals surface area contributed by atoms with Crippen LogP contribution in [0, 0.1) is 0 Å². The molecule has 1 rings (SSSR count). The maximum absolute atomic E-state index is 10.1. The van der Waals surface area contributed by atoms with Crippen LogP contribution in [0.15, 0.2) is 18.9 Å². The third kappa shape index (κ3) is 4.35. The Balaban J connectivity index is 2.40. The van der Waals surface area contributed by atoms with Crippen molar-refractivity contribution in [1.29, 1.82) is 0 Å². The number of unbranched alkanes of at least 4 members (excludes halogenated alkanes) is 3. The van der Waals surface area contributed by atoms with Gasteiger partial charge in [0.25, 0.3) is 0 Å². The zero-order valence-corrected chi connectivity index (χ0v) is 11.0. The summed E-state index contributed by atoms with van der Waals surface area (Å²) in [5.41, 5.74) is 2.02. The van der Waals surface area contributed by atoms with Crippen LogP contribution in [0.1, 0.15) is 56.4 Å². The van der Waals surface area contributed by atoms with Crippen molar-refractivity contribution in [2.75, 3.05) is 0 Å². The predicted molar refractivity (Wildman–Crippen MR) is 70.8 cm³/mol. The van der Waals surface area contributed by atoms with Crippen molar-refractivity contribution in [2.24, 2.45) is 7.05 Å². The van der Waals surface area contributed by atoms with Gasteiger partial charge in [0, 0.05) is 18.8 Å². The Kier molecular flexibility index (Phi) is 5.98. The fourth-order valence-electron chi connectivity index (χ4n) is 2.06. The summed E-state index contributed by atoms with van der Waals surface area (Å²) < 4.78 is 1.79. The molecule has 0 aliphatic carbocycles. The molecule has 1 aromatic heterocycles. The molecule has 0 fully saturated rings. The Hall–Kier alpha value is -1.09. The molecular weight excluding hydrogens is 212 g/mol. The van der Waals surface area contributed by atoms with E-state index in [0.29, 0.717) is 0 Å². The van der Waals surface area contributed by atoms with E-state index in [1.165, 1.54) is 6.42 Å². The van der Waals surface area contributed by atoms with Crippen molar-refractivity contribution in [3.05, 3.63) is 30.1 Å². The first-order valence-electron chi connectivity index (χ1n) is 6.50. The van der Waals surface area contributed by atoms with Crippen LogP contribution in [-0.4, -0.2) is 14.9 Å². The largest absolute Gasteiger partial charge is 0.388 e. The van der Waals surface area contributed by atoms with Crippen LogP contribution in [0.4, 0.5) is 0 Å². The van der Waals surface area contributed by atoms with Gasteiger partial charge < -0.3 is 5.11 Å². The van der Waals surface area contributed by atoms with Crippen molar-refractivity contribution in [2.45, 2.75) is 51.6 Å². The molecule has 1 atom stereocenters. The lowest BCUT2D eigenvalue weighted by Gasteiger charge is -2.09. The second kappa shape index (κ2) is 7.28. The number of allylic oxidation sites excluding steroid dienone is 1. The number of rotatable bonds is 8. The highest BCUT2D eigenvalue weighted by Crippen LogP contribution is 2.22. The molecule has 3 nitrogen and oxygen atoms in total. The highest BCUT2D eigenvalue weighted by molar-refractivity contribution is 5.19. The molecule has 0 aromatic carbocycles. The quantitative estimate of drug-likeness (QED) is 0.556. The van der Waals surface area contributed by atoms with Crippen LogP contribution in [0.3, 0.4) is 0 Å². The van der Waals surface area contributed by atoms with Crippen molar-refractivity contribution >= 4 is 0 Å². The van der Waals surface area contributed by atoms with Gasteiger partial charge in [-0.15, -0.1) is 6.58 Å². The molecule has 1 heterocycles. The highest BCUT2D eigenvalue weighted by Gasteiger charge is 2.14. The molecule has 3 heteroatoms. The number of aryl methyl sites for hydroxylation is 2. The zero-order chi connectivity index (χ0) is 12.7. The van der Waals surface area contributed by atoms with E-state index in [1.54, 1.807) is 4.68 Å². The number of hydrogen-bond acceptors (Lipinski definition) is 2. The SMILES string of the molecule is C=CCCCCCC(O)c1cn(C)nc1CC. The van der Waals surface area contributed by atoms with Gasteiger partial charge in [-0.05, 0) is 25.7 Å². The van der Waals surface area contributed by atoms with Gasteiger partial charge in [0.2, 0.25) is 0 Å². The Bertz CT molecular complexity index is 344. The summed E-state index contributed by atoms with van der Waals surface area (Å²) in [5, 5.41) is 14.5. The first kappa shape index (κ1) is 14.0. The fourth-order valence-corrected chi connectivity index (χ4v) is 2.06. The molecule has 0 saturated carbocycles. The lowest BCUT2D eigenvalue weighted by molar-refractivity contribution is 0.162. The van der Waals surface area contributed by atoms with Crippen molar-refractivity contribution in [3.8, 4) is 0 Å². The molecule has 1 N–H and O–H groups in total. The summed E-state index contributed by atoms with van der Waals surface area (Å²) >= 11 is 0. The van der Waals surface area contributed by atoms with Crippen LogP contribution in [-0.2, 0) is 13.5 Å². The standard InChI is InChI=1S/C14H24N2O/c1-4-6-7-8-9-10-14(17)12-11-16(3)15-13(12)5-2/h4,11,14,17H,1,5-10H2,2-3H3. The highest BCUT2D eigenvalue weighted by atomic mass is 16.3. The van der Waals surface area contributed by atoms with Gasteiger partial charge in [-0.3, -0.25) is 4.68 Å². The van der Waals surface area contributed by atoms with E-state index >= 15 is 0 Å². The molecule has 1 aromatic rings. The second-order valence-corrected chi connectivity index (χ2v) is 4.50. The van der Waals surface area contributed by atoms with E-state index in [-0.39, 0.29) is 6.10 Å². The second-order valence-electron chi connectivity index (χ2n) is 4.50. The maximum atomic E-state index is 10.1. The molecule has 0 radical (unpaired) electrons. The van der Waals surface area contributed by atoms with Gasteiger partial charge in [-0.2, -0.15) is 5.10 Å². The van der Waals surface area contributed by atoms with E-state index in [2.05, 4.69) is 18.6 Å². The number of aromatic nitrogens is 2. The minimum atomic E-state index is -0.359. The summed E-state index contributed by atoms with van der Waals surface area (Å²) in [7, 11) is 1.90. The monoisotopic (exact) mass is 236 g/mol. The first-order valence-corrected chi connectivity index (χ1v) is 6.50. The molecule has 0 aliphatic heterocycles. The van der Waals surface area contributed by atoms with Crippen LogP contribution in [0.25, 0.3) is 0 Å².